The first-order valence-electron chi connectivity index (χ1n) is 6.83. The molecule has 2 atom stereocenters. The maximum atomic E-state index is 12.9. The van der Waals surface area contributed by atoms with Crippen LogP contribution >= 0.6 is 23.2 Å². The van der Waals surface area contributed by atoms with Crippen molar-refractivity contribution in [3.63, 3.8) is 0 Å². The molecular weight excluding hydrogens is 357 g/mol. The van der Waals surface area contributed by atoms with Gasteiger partial charge in [0, 0.05) is 0 Å². The lowest BCUT2D eigenvalue weighted by molar-refractivity contribution is 0.227. The van der Waals surface area contributed by atoms with Crippen LogP contribution in [0.25, 0.3) is 0 Å². The molecule has 23 heavy (non-hydrogen) atoms. The average molecular weight is 370 g/mol. The molecular formula is C16H13Cl2NO3S. The number of halogens is 2. The van der Waals surface area contributed by atoms with Crippen molar-refractivity contribution >= 4 is 39.4 Å². The van der Waals surface area contributed by atoms with Gasteiger partial charge in [0.05, 0.1) is 14.9 Å². The second-order valence-corrected chi connectivity index (χ2v) is 8.01. The average Bonchev–Trinajstić information content (AvgIpc) is 3.00. The van der Waals surface area contributed by atoms with E-state index in [1.807, 2.05) is 0 Å². The van der Waals surface area contributed by atoms with Gasteiger partial charge < -0.3 is 4.74 Å². The third-order valence-electron chi connectivity index (χ3n) is 3.66. The fraction of sp³-hybridized carbons (Fsp3) is 0.188. The van der Waals surface area contributed by atoms with Gasteiger partial charge in [-0.3, -0.25) is 0 Å². The molecule has 4 nitrogen and oxygen atoms in total. The summed E-state index contributed by atoms with van der Waals surface area (Å²) >= 11 is 11.9. The van der Waals surface area contributed by atoms with Crippen LogP contribution in [0.15, 0.2) is 52.4 Å². The van der Waals surface area contributed by atoms with Crippen molar-refractivity contribution < 1.29 is 13.2 Å². The third-order valence-corrected chi connectivity index (χ3v) is 6.48. The number of aryl methyl sites for hydroxylation is 1. The monoisotopic (exact) mass is 369 g/mol. The standard InChI is InChI=1S/C16H13Cl2NO3S/c1-10-4-2-3-5-14(10)23(20,21)16-15(22-9-19-16)11-6-7-12(17)13(18)8-11/h2-9,15-16H,1H3/t15-,16-/m1/s1. The summed E-state index contributed by atoms with van der Waals surface area (Å²) in [5.41, 5.74) is 1.28. The highest BCUT2D eigenvalue weighted by molar-refractivity contribution is 7.92. The molecule has 2 aromatic rings. The van der Waals surface area contributed by atoms with E-state index in [1.165, 1.54) is 6.40 Å². The number of hydrogen-bond acceptors (Lipinski definition) is 4. The van der Waals surface area contributed by atoms with Gasteiger partial charge in [-0.25, -0.2) is 13.4 Å². The molecule has 0 unspecified atom stereocenters. The van der Waals surface area contributed by atoms with E-state index in [1.54, 1.807) is 49.4 Å². The summed E-state index contributed by atoms with van der Waals surface area (Å²) in [5, 5.41) is -0.319. The van der Waals surface area contributed by atoms with Gasteiger partial charge in [0.2, 0.25) is 9.84 Å². The third kappa shape index (κ3) is 2.96. The van der Waals surface area contributed by atoms with Crippen molar-refractivity contribution in [2.24, 2.45) is 4.99 Å². The van der Waals surface area contributed by atoms with E-state index in [4.69, 9.17) is 27.9 Å². The molecule has 1 aliphatic rings. The number of benzene rings is 2. The predicted octanol–water partition coefficient (Wildman–Crippen LogP) is 4.20. The summed E-state index contributed by atoms with van der Waals surface area (Å²) in [6, 6.07) is 11.7. The first-order valence-corrected chi connectivity index (χ1v) is 9.13. The van der Waals surface area contributed by atoms with E-state index in [-0.39, 0.29) is 4.90 Å². The Balaban J connectivity index is 2.03. The number of sulfone groups is 1. The van der Waals surface area contributed by atoms with Gasteiger partial charge >= 0.3 is 0 Å². The summed E-state index contributed by atoms with van der Waals surface area (Å²) in [6.45, 7) is 1.75. The van der Waals surface area contributed by atoms with Crippen LogP contribution < -0.4 is 0 Å². The highest BCUT2D eigenvalue weighted by Crippen LogP contribution is 2.36. The predicted molar refractivity (Wildman–Crippen MR) is 90.9 cm³/mol. The van der Waals surface area contributed by atoms with Crippen LogP contribution in [-0.4, -0.2) is 20.2 Å². The van der Waals surface area contributed by atoms with Crippen LogP contribution in [0.2, 0.25) is 10.0 Å². The second-order valence-electron chi connectivity index (χ2n) is 5.19. The van der Waals surface area contributed by atoms with Gasteiger partial charge in [0.15, 0.2) is 17.9 Å². The van der Waals surface area contributed by atoms with E-state index in [9.17, 15) is 8.42 Å². The molecule has 0 amide bonds. The van der Waals surface area contributed by atoms with E-state index >= 15 is 0 Å². The number of aliphatic imine (C=N–C) groups is 1. The Labute approximate surface area is 144 Å². The van der Waals surface area contributed by atoms with E-state index < -0.39 is 21.3 Å². The first kappa shape index (κ1) is 16.3. The quantitative estimate of drug-likeness (QED) is 0.814. The summed E-state index contributed by atoms with van der Waals surface area (Å²) in [4.78, 5) is 4.27. The van der Waals surface area contributed by atoms with Gasteiger partial charge in [-0.15, -0.1) is 0 Å². The highest BCUT2D eigenvalue weighted by Gasteiger charge is 2.40. The molecule has 0 N–H and O–H groups in total. The van der Waals surface area contributed by atoms with Crippen molar-refractivity contribution in [3.8, 4) is 0 Å². The molecule has 0 aliphatic carbocycles. The smallest absolute Gasteiger partial charge is 0.205 e. The van der Waals surface area contributed by atoms with Gasteiger partial charge in [-0.2, -0.15) is 0 Å². The van der Waals surface area contributed by atoms with Crippen LogP contribution in [0.1, 0.15) is 17.2 Å². The van der Waals surface area contributed by atoms with E-state index in [2.05, 4.69) is 4.99 Å². The highest BCUT2D eigenvalue weighted by atomic mass is 35.5. The van der Waals surface area contributed by atoms with Gasteiger partial charge in [0.1, 0.15) is 0 Å². The van der Waals surface area contributed by atoms with Crippen LogP contribution in [0.4, 0.5) is 0 Å². The van der Waals surface area contributed by atoms with Crippen molar-refractivity contribution in [3.05, 3.63) is 63.6 Å². The minimum absolute atomic E-state index is 0.248. The van der Waals surface area contributed by atoms with E-state index in [0.717, 1.165) is 0 Å². The Morgan fingerprint density at radius 1 is 1.09 bits per heavy atom. The normalized spacial score (nSPS) is 20.5. The Bertz CT molecular complexity index is 881. The summed E-state index contributed by atoms with van der Waals surface area (Å²) < 4.78 is 31.3. The lowest BCUT2D eigenvalue weighted by Crippen LogP contribution is -2.25. The Kier molecular flexibility index (Phi) is 4.36. The molecule has 0 fully saturated rings. The van der Waals surface area contributed by atoms with Gasteiger partial charge in [0.25, 0.3) is 0 Å². The van der Waals surface area contributed by atoms with Crippen LogP contribution in [0.3, 0.4) is 0 Å². The van der Waals surface area contributed by atoms with Crippen molar-refractivity contribution in [2.75, 3.05) is 0 Å². The molecule has 7 heteroatoms. The van der Waals surface area contributed by atoms with Gasteiger partial charge in [-0.05, 0) is 36.2 Å². The second kappa shape index (κ2) is 6.15. The topological polar surface area (TPSA) is 55.7 Å². The Morgan fingerprint density at radius 2 is 1.83 bits per heavy atom. The molecule has 0 bridgehead atoms. The van der Waals surface area contributed by atoms with Crippen molar-refractivity contribution in [2.45, 2.75) is 23.3 Å². The number of hydrogen-bond donors (Lipinski definition) is 0. The molecule has 1 aliphatic heterocycles. The fourth-order valence-corrected chi connectivity index (χ4v) is 4.60. The minimum atomic E-state index is -3.69. The van der Waals surface area contributed by atoms with Crippen LogP contribution in [-0.2, 0) is 14.6 Å². The van der Waals surface area contributed by atoms with Crippen LogP contribution in [0, 0.1) is 6.92 Å². The van der Waals surface area contributed by atoms with Crippen molar-refractivity contribution in [1.29, 1.82) is 0 Å². The molecule has 0 spiro atoms. The lowest BCUT2D eigenvalue weighted by Gasteiger charge is -2.19. The largest absolute Gasteiger partial charge is 0.472 e. The van der Waals surface area contributed by atoms with E-state index in [0.29, 0.717) is 21.2 Å². The number of ether oxygens (including phenoxy) is 1. The molecule has 1 heterocycles. The molecule has 0 saturated heterocycles. The first-order chi connectivity index (χ1) is 10.9. The Hall–Kier alpha value is -1.56. The molecule has 0 radical (unpaired) electrons. The number of nitrogens with zero attached hydrogens (tertiary/aromatic N) is 1. The van der Waals surface area contributed by atoms with Gasteiger partial charge in [-0.1, -0.05) is 47.5 Å². The lowest BCUT2D eigenvalue weighted by atomic mass is 10.1. The SMILES string of the molecule is Cc1ccccc1S(=O)(=O)[C@H]1N=CO[C@@H]1c1ccc(Cl)c(Cl)c1. The summed E-state index contributed by atoms with van der Waals surface area (Å²) in [7, 11) is -3.69. The zero-order chi connectivity index (χ0) is 16.6. The molecule has 120 valence electrons. The molecule has 0 aromatic heterocycles. The molecule has 2 aromatic carbocycles. The maximum Gasteiger partial charge on any atom is 0.205 e. The molecule has 0 saturated carbocycles. The number of rotatable bonds is 3. The van der Waals surface area contributed by atoms with Crippen LogP contribution in [0.5, 0.6) is 0 Å². The zero-order valence-corrected chi connectivity index (χ0v) is 14.4. The Morgan fingerprint density at radius 3 is 2.52 bits per heavy atom. The minimum Gasteiger partial charge on any atom is -0.472 e. The fourth-order valence-electron chi connectivity index (χ4n) is 2.49. The summed E-state index contributed by atoms with van der Waals surface area (Å²) in [6.07, 6.45) is 0.419. The zero-order valence-electron chi connectivity index (χ0n) is 12.1. The molecule has 3 rings (SSSR count). The van der Waals surface area contributed by atoms with Crippen molar-refractivity contribution in [1.82, 2.24) is 0 Å². The summed E-state index contributed by atoms with van der Waals surface area (Å²) in [5.74, 6) is 0. The maximum absolute atomic E-state index is 12.9.